The third-order valence-corrected chi connectivity index (χ3v) is 4.31. The number of aromatic nitrogens is 2. The van der Waals surface area contributed by atoms with E-state index in [0.717, 1.165) is 25.5 Å². The van der Waals surface area contributed by atoms with Gasteiger partial charge in [0.2, 0.25) is 0 Å². The summed E-state index contributed by atoms with van der Waals surface area (Å²) in [7, 11) is 1.11. The van der Waals surface area contributed by atoms with Crippen molar-refractivity contribution < 1.29 is 23.9 Å². The second-order valence-electron chi connectivity index (χ2n) is 6.47. The van der Waals surface area contributed by atoms with Crippen LogP contribution in [-0.4, -0.2) is 40.7 Å². The molecule has 0 aliphatic rings. The van der Waals surface area contributed by atoms with E-state index in [2.05, 4.69) is 9.72 Å². The molecule has 0 spiro atoms. The van der Waals surface area contributed by atoms with Crippen LogP contribution in [0.5, 0.6) is 0 Å². The minimum atomic E-state index is -1.17. The van der Waals surface area contributed by atoms with E-state index in [9.17, 15) is 19.2 Å². The highest BCUT2D eigenvalue weighted by atomic mass is 16.6. The first-order valence-corrected chi connectivity index (χ1v) is 9.44. The second-order valence-corrected chi connectivity index (χ2v) is 6.47. The van der Waals surface area contributed by atoms with Crippen molar-refractivity contribution in [1.29, 1.82) is 0 Å². The van der Waals surface area contributed by atoms with Gasteiger partial charge in [-0.25, -0.2) is 9.78 Å². The Morgan fingerprint density at radius 2 is 1.97 bits per heavy atom. The molecule has 0 fully saturated rings. The summed E-state index contributed by atoms with van der Waals surface area (Å²) in [6, 6.07) is 7.35. The maximum absolute atomic E-state index is 12.8. The van der Waals surface area contributed by atoms with Gasteiger partial charge in [-0.05, 0) is 25.5 Å². The molecular formula is C20H25N3O6. The zero-order valence-corrected chi connectivity index (χ0v) is 16.8. The number of unbranched alkanes of at least 4 members (excludes halogenated alkanes) is 1. The third-order valence-electron chi connectivity index (χ3n) is 4.31. The van der Waals surface area contributed by atoms with Gasteiger partial charge in [-0.3, -0.25) is 19.7 Å². The molecule has 0 saturated heterocycles. The van der Waals surface area contributed by atoms with Crippen LogP contribution < -0.4 is 10.9 Å². The van der Waals surface area contributed by atoms with E-state index in [-0.39, 0.29) is 24.1 Å². The molecule has 1 atom stereocenters. The van der Waals surface area contributed by atoms with E-state index in [0.29, 0.717) is 12.1 Å². The van der Waals surface area contributed by atoms with Crippen LogP contribution in [0.4, 0.5) is 4.79 Å². The third kappa shape index (κ3) is 5.87. The number of ether oxygens (including phenoxy) is 2. The molecule has 0 aliphatic heterocycles. The average Bonchev–Trinajstić information content (AvgIpc) is 2.71. The van der Waals surface area contributed by atoms with Crippen LogP contribution in [0.25, 0.3) is 11.0 Å². The van der Waals surface area contributed by atoms with Crippen LogP contribution in [0.2, 0.25) is 0 Å². The van der Waals surface area contributed by atoms with Gasteiger partial charge in [0, 0.05) is 13.0 Å². The van der Waals surface area contributed by atoms with Crippen molar-refractivity contribution >= 4 is 29.0 Å². The quantitative estimate of drug-likeness (QED) is 0.670. The van der Waals surface area contributed by atoms with Gasteiger partial charge < -0.3 is 14.0 Å². The molecule has 0 bridgehead atoms. The lowest BCUT2D eigenvalue weighted by molar-refractivity contribution is -0.154. The minimum Gasteiger partial charge on any atom is -0.453 e. The molecule has 9 heteroatoms. The first-order valence-electron chi connectivity index (χ1n) is 9.44. The largest absolute Gasteiger partial charge is 0.453 e. The van der Waals surface area contributed by atoms with Crippen molar-refractivity contribution in [1.82, 2.24) is 14.9 Å². The zero-order chi connectivity index (χ0) is 21.4. The number of benzene rings is 1. The molecule has 2 amide bonds. The van der Waals surface area contributed by atoms with Crippen LogP contribution in [0.15, 0.2) is 29.1 Å². The number of carbonyl (C=O) groups is 3. The van der Waals surface area contributed by atoms with Crippen molar-refractivity contribution in [2.24, 2.45) is 0 Å². The fourth-order valence-corrected chi connectivity index (χ4v) is 2.73. The fourth-order valence-electron chi connectivity index (χ4n) is 2.73. The lowest BCUT2D eigenvalue weighted by Crippen LogP contribution is -2.39. The summed E-state index contributed by atoms with van der Waals surface area (Å²) in [6.07, 6.45) is -0.360. The Labute approximate surface area is 168 Å². The smallest absolute Gasteiger partial charge is 0.413 e. The number of fused-ring (bicyclic) bond motifs is 1. The van der Waals surface area contributed by atoms with Gasteiger partial charge in [0.1, 0.15) is 5.69 Å². The monoisotopic (exact) mass is 403 g/mol. The van der Waals surface area contributed by atoms with Crippen LogP contribution in [0.3, 0.4) is 0 Å². The Balaban J connectivity index is 2.09. The lowest BCUT2D eigenvalue weighted by atomic mass is 10.2. The average molecular weight is 403 g/mol. The number of esters is 1. The number of para-hydroxylation sites is 2. The molecule has 0 unspecified atom stereocenters. The lowest BCUT2D eigenvalue weighted by Gasteiger charge is -2.13. The highest BCUT2D eigenvalue weighted by Gasteiger charge is 2.21. The molecule has 29 heavy (non-hydrogen) atoms. The molecule has 1 heterocycles. The molecule has 0 aliphatic carbocycles. The van der Waals surface area contributed by atoms with E-state index in [4.69, 9.17) is 4.74 Å². The highest BCUT2D eigenvalue weighted by molar-refractivity contribution is 5.95. The summed E-state index contributed by atoms with van der Waals surface area (Å²) < 4.78 is 11.0. The zero-order valence-electron chi connectivity index (χ0n) is 16.8. The Bertz CT molecular complexity index is 953. The molecule has 2 rings (SSSR count). The highest BCUT2D eigenvalue weighted by Crippen LogP contribution is 2.12. The van der Waals surface area contributed by atoms with Gasteiger partial charge in [-0.2, -0.15) is 0 Å². The van der Waals surface area contributed by atoms with Gasteiger partial charge in [0.05, 0.1) is 24.6 Å². The van der Waals surface area contributed by atoms with Crippen LogP contribution in [0, 0.1) is 0 Å². The molecule has 1 N–H and O–H groups in total. The second kappa shape index (κ2) is 10.4. The number of imide groups is 1. The van der Waals surface area contributed by atoms with Crippen molar-refractivity contribution in [2.75, 3.05) is 7.11 Å². The van der Waals surface area contributed by atoms with E-state index in [1.54, 1.807) is 4.57 Å². The SMILES string of the molecule is CCCCn1c(=O)c(CCC(=O)O[C@H](C)C(=O)NC(=O)OC)nc2ccccc21. The van der Waals surface area contributed by atoms with Crippen molar-refractivity contribution in [3.63, 3.8) is 0 Å². The molecular weight excluding hydrogens is 378 g/mol. The number of rotatable bonds is 8. The van der Waals surface area contributed by atoms with Crippen LogP contribution in [0.1, 0.15) is 38.8 Å². The summed E-state index contributed by atoms with van der Waals surface area (Å²) in [5.74, 6) is -1.47. The van der Waals surface area contributed by atoms with E-state index in [1.165, 1.54) is 6.92 Å². The first kappa shape index (κ1) is 22.1. The van der Waals surface area contributed by atoms with Crippen molar-refractivity contribution in [3.8, 4) is 0 Å². The molecule has 1 aromatic heterocycles. The number of nitrogens with zero attached hydrogens (tertiary/aromatic N) is 2. The maximum Gasteiger partial charge on any atom is 0.413 e. The summed E-state index contributed by atoms with van der Waals surface area (Å²) in [5, 5.41) is 1.92. The predicted octanol–water partition coefficient (Wildman–Crippen LogP) is 1.94. The Kier molecular flexibility index (Phi) is 7.88. The van der Waals surface area contributed by atoms with Crippen LogP contribution >= 0.6 is 0 Å². The number of amides is 2. The van der Waals surface area contributed by atoms with Crippen LogP contribution in [-0.2, 0) is 32.0 Å². The number of methoxy groups -OCH3 is 1. The Morgan fingerprint density at radius 3 is 2.66 bits per heavy atom. The van der Waals surface area contributed by atoms with Crippen molar-refractivity contribution in [3.05, 3.63) is 40.3 Å². The topological polar surface area (TPSA) is 117 Å². The summed E-state index contributed by atoms with van der Waals surface area (Å²) in [4.78, 5) is 52.0. The van der Waals surface area contributed by atoms with Gasteiger partial charge >= 0.3 is 12.1 Å². The van der Waals surface area contributed by atoms with Gasteiger partial charge in [-0.1, -0.05) is 25.5 Å². The number of hydrogen-bond acceptors (Lipinski definition) is 7. The van der Waals surface area contributed by atoms with E-state index in [1.807, 2.05) is 36.5 Å². The predicted molar refractivity (Wildman–Crippen MR) is 105 cm³/mol. The number of hydrogen-bond donors (Lipinski definition) is 1. The molecule has 0 saturated carbocycles. The van der Waals surface area contributed by atoms with Gasteiger partial charge in [0.15, 0.2) is 6.10 Å². The molecule has 1 aromatic carbocycles. The summed E-state index contributed by atoms with van der Waals surface area (Å²) in [5.41, 5.74) is 1.47. The Hall–Kier alpha value is -3.23. The van der Waals surface area contributed by atoms with E-state index >= 15 is 0 Å². The summed E-state index contributed by atoms with van der Waals surface area (Å²) in [6.45, 7) is 3.95. The number of nitrogens with one attached hydrogen (secondary N) is 1. The molecule has 9 nitrogen and oxygen atoms in total. The van der Waals surface area contributed by atoms with Crippen molar-refractivity contribution in [2.45, 2.75) is 52.2 Å². The fraction of sp³-hybridized carbons (Fsp3) is 0.450. The summed E-state index contributed by atoms with van der Waals surface area (Å²) >= 11 is 0. The Morgan fingerprint density at radius 1 is 1.24 bits per heavy atom. The molecule has 2 aromatic rings. The number of aryl methyl sites for hydroxylation is 2. The standard InChI is InChI=1S/C20H25N3O6/c1-4-5-12-23-16-9-7-6-8-14(16)21-15(19(23)26)10-11-17(24)29-13(2)18(25)22-20(27)28-3/h6-9,13H,4-5,10-12H2,1-3H3,(H,22,25,27)/t13-/m1/s1. The minimum absolute atomic E-state index is 0.0833. The van der Waals surface area contributed by atoms with E-state index < -0.39 is 24.1 Å². The van der Waals surface area contributed by atoms with Gasteiger partial charge in [-0.15, -0.1) is 0 Å². The molecule has 156 valence electrons. The van der Waals surface area contributed by atoms with Gasteiger partial charge in [0.25, 0.3) is 11.5 Å². The maximum atomic E-state index is 12.8. The number of carbonyl (C=O) groups excluding carboxylic acids is 3. The molecule has 0 radical (unpaired) electrons. The number of alkyl carbamates (subject to hydrolysis) is 1. The first-order chi connectivity index (χ1) is 13.9. The normalized spacial score (nSPS) is 11.7.